The summed E-state index contributed by atoms with van der Waals surface area (Å²) >= 11 is 11.7. The molecule has 1 fully saturated rings. The zero-order valence-corrected chi connectivity index (χ0v) is 17.9. The first kappa shape index (κ1) is 22.3. The van der Waals surface area contributed by atoms with Crippen LogP contribution in [0.4, 0.5) is 5.95 Å². The van der Waals surface area contributed by atoms with E-state index in [0.29, 0.717) is 37.1 Å². The molecule has 0 radical (unpaired) electrons. The van der Waals surface area contributed by atoms with E-state index in [-0.39, 0.29) is 42.4 Å². The molecule has 162 valence electrons. The summed E-state index contributed by atoms with van der Waals surface area (Å²) in [7, 11) is 0. The number of aromatic amines is 1. The lowest BCUT2D eigenvalue weighted by atomic mass is 10.3. The Kier molecular flexibility index (Phi) is 7.83. The van der Waals surface area contributed by atoms with Crippen LogP contribution in [0, 0.1) is 0 Å². The number of rotatable bonds is 8. The smallest absolute Gasteiger partial charge is 0.286 e. The summed E-state index contributed by atoms with van der Waals surface area (Å²) in [5, 5.41) is 6.29. The van der Waals surface area contributed by atoms with Crippen molar-refractivity contribution >= 4 is 35.1 Å². The van der Waals surface area contributed by atoms with E-state index < -0.39 is 5.56 Å². The molecule has 0 saturated carbocycles. The number of carbonyl (C=O) groups excluding carboxylic acids is 1. The van der Waals surface area contributed by atoms with Crippen LogP contribution in [0.15, 0.2) is 23.4 Å². The number of carbonyl (C=O) groups is 1. The van der Waals surface area contributed by atoms with Crippen LogP contribution in [-0.4, -0.2) is 76.5 Å². The number of anilines is 1. The minimum absolute atomic E-state index is 0.0297. The van der Waals surface area contributed by atoms with Gasteiger partial charge in [0, 0.05) is 26.2 Å². The fourth-order valence-corrected chi connectivity index (χ4v) is 3.12. The molecule has 1 unspecified atom stereocenters. The number of nitrogens with zero attached hydrogens (tertiary/aromatic N) is 5. The molecule has 1 aliphatic heterocycles. The second-order valence-corrected chi connectivity index (χ2v) is 7.51. The summed E-state index contributed by atoms with van der Waals surface area (Å²) < 4.78 is 11.1. The van der Waals surface area contributed by atoms with E-state index in [9.17, 15) is 9.59 Å². The van der Waals surface area contributed by atoms with Gasteiger partial charge in [0.25, 0.3) is 5.56 Å². The van der Waals surface area contributed by atoms with Crippen molar-refractivity contribution in [2.24, 2.45) is 0 Å². The van der Waals surface area contributed by atoms with Crippen LogP contribution in [0.1, 0.15) is 13.3 Å². The Morgan fingerprint density at radius 1 is 1.20 bits per heavy atom. The Morgan fingerprint density at radius 2 is 1.90 bits per heavy atom. The molecular weight excluding hydrogens is 435 g/mol. The Morgan fingerprint density at radius 3 is 2.60 bits per heavy atom. The molecule has 0 aromatic carbocycles. The van der Waals surface area contributed by atoms with Crippen molar-refractivity contribution in [3.63, 3.8) is 0 Å². The van der Waals surface area contributed by atoms with Crippen molar-refractivity contribution in [3.8, 4) is 5.75 Å². The van der Waals surface area contributed by atoms with Crippen molar-refractivity contribution < 1.29 is 14.3 Å². The van der Waals surface area contributed by atoms with Gasteiger partial charge in [-0.3, -0.25) is 9.59 Å². The maximum absolute atomic E-state index is 12.4. The average molecular weight is 457 g/mol. The van der Waals surface area contributed by atoms with Crippen LogP contribution >= 0.6 is 23.2 Å². The predicted molar refractivity (Wildman–Crippen MR) is 111 cm³/mol. The molecule has 3 rings (SSSR count). The fraction of sp³-hybridized carbons (Fsp3) is 0.500. The summed E-state index contributed by atoms with van der Waals surface area (Å²) in [5.74, 6) is 0.830. The number of ether oxygens (including phenoxy) is 2. The molecule has 1 amide bonds. The third-order valence-electron chi connectivity index (χ3n) is 4.43. The third-order valence-corrected chi connectivity index (χ3v) is 4.98. The first-order valence-corrected chi connectivity index (χ1v) is 10.2. The monoisotopic (exact) mass is 456 g/mol. The van der Waals surface area contributed by atoms with E-state index in [1.807, 2.05) is 4.90 Å². The Hall–Kier alpha value is -2.43. The van der Waals surface area contributed by atoms with Gasteiger partial charge in [-0.15, -0.1) is 0 Å². The number of aromatic nitrogens is 4. The molecule has 12 heteroatoms. The summed E-state index contributed by atoms with van der Waals surface area (Å²) in [4.78, 5) is 36.0. The molecule has 1 saturated heterocycles. The van der Waals surface area contributed by atoms with Crippen molar-refractivity contribution in [1.29, 1.82) is 0 Å². The number of amides is 1. The van der Waals surface area contributed by atoms with Crippen LogP contribution < -0.4 is 15.2 Å². The van der Waals surface area contributed by atoms with E-state index in [0.717, 1.165) is 0 Å². The van der Waals surface area contributed by atoms with Gasteiger partial charge >= 0.3 is 0 Å². The SMILES string of the molecule is CC(COCCC(=O)N1CCN(c2ncc(Cl)cn2)CC1)Oc1cn[nH]c(=O)c1Cl. The number of nitrogens with one attached hydrogen (secondary N) is 1. The standard InChI is InChI=1S/C18H22Cl2N6O4/c1-12(30-14-10-23-24-17(28)16(14)20)11-29-7-2-15(27)25-3-5-26(6-4-25)18-21-8-13(19)9-22-18/h8-10,12H,2-7,11H2,1H3,(H,24,28). The van der Waals surface area contributed by atoms with Gasteiger partial charge in [0.05, 0.1) is 43.2 Å². The number of H-pyrrole nitrogens is 1. The van der Waals surface area contributed by atoms with Crippen molar-refractivity contribution in [1.82, 2.24) is 25.1 Å². The average Bonchev–Trinajstić information content (AvgIpc) is 2.75. The van der Waals surface area contributed by atoms with Crippen molar-refractivity contribution in [2.75, 3.05) is 44.3 Å². The minimum atomic E-state index is -0.518. The molecule has 1 aliphatic rings. The summed E-state index contributed by atoms with van der Waals surface area (Å²) in [6.07, 6.45) is 4.37. The highest BCUT2D eigenvalue weighted by molar-refractivity contribution is 6.31. The maximum atomic E-state index is 12.4. The van der Waals surface area contributed by atoms with E-state index in [4.69, 9.17) is 32.7 Å². The lowest BCUT2D eigenvalue weighted by Crippen LogP contribution is -2.49. The number of piperazine rings is 1. The van der Waals surface area contributed by atoms with Crippen LogP contribution in [0.25, 0.3) is 0 Å². The van der Waals surface area contributed by atoms with E-state index in [1.54, 1.807) is 24.2 Å². The second-order valence-electron chi connectivity index (χ2n) is 6.70. The van der Waals surface area contributed by atoms with Gasteiger partial charge in [0.2, 0.25) is 11.9 Å². The van der Waals surface area contributed by atoms with Gasteiger partial charge in [-0.05, 0) is 6.92 Å². The molecule has 1 N–H and O–H groups in total. The molecule has 2 aromatic rings. The quantitative estimate of drug-likeness (QED) is 0.592. The number of hydrogen-bond acceptors (Lipinski definition) is 8. The first-order valence-electron chi connectivity index (χ1n) is 9.42. The molecule has 30 heavy (non-hydrogen) atoms. The van der Waals surface area contributed by atoms with Gasteiger partial charge in [-0.2, -0.15) is 5.10 Å². The molecule has 0 aliphatic carbocycles. The zero-order valence-electron chi connectivity index (χ0n) is 16.4. The molecule has 0 bridgehead atoms. The van der Waals surface area contributed by atoms with Crippen molar-refractivity contribution in [2.45, 2.75) is 19.4 Å². The molecule has 0 spiro atoms. The molecular formula is C18H22Cl2N6O4. The highest BCUT2D eigenvalue weighted by Crippen LogP contribution is 2.19. The summed E-state index contributed by atoms with van der Waals surface area (Å²) in [6, 6.07) is 0. The van der Waals surface area contributed by atoms with Gasteiger partial charge in [-0.25, -0.2) is 15.1 Å². The topological polar surface area (TPSA) is 114 Å². The van der Waals surface area contributed by atoms with Gasteiger partial charge in [0.15, 0.2) is 10.8 Å². The molecule has 1 atom stereocenters. The van der Waals surface area contributed by atoms with E-state index >= 15 is 0 Å². The number of hydrogen-bond donors (Lipinski definition) is 1. The zero-order chi connectivity index (χ0) is 21.5. The minimum Gasteiger partial charge on any atom is -0.485 e. The van der Waals surface area contributed by atoms with E-state index in [2.05, 4.69) is 20.2 Å². The fourth-order valence-electron chi connectivity index (χ4n) is 2.89. The van der Waals surface area contributed by atoms with Crippen LogP contribution in [-0.2, 0) is 9.53 Å². The predicted octanol–water partition coefficient (Wildman–Crippen LogP) is 1.39. The largest absolute Gasteiger partial charge is 0.485 e. The van der Waals surface area contributed by atoms with E-state index in [1.165, 1.54) is 6.20 Å². The summed E-state index contributed by atoms with van der Waals surface area (Å²) in [6.45, 7) is 4.80. The lowest BCUT2D eigenvalue weighted by molar-refractivity contribution is -0.132. The molecule has 2 aromatic heterocycles. The molecule has 3 heterocycles. The third kappa shape index (κ3) is 6.04. The Labute approximate surface area is 183 Å². The normalized spacial score (nSPS) is 15.2. The number of halogens is 2. The van der Waals surface area contributed by atoms with Crippen molar-refractivity contribution in [3.05, 3.63) is 39.0 Å². The van der Waals surface area contributed by atoms with Crippen LogP contribution in [0.2, 0.25) is 10.0 Å². The Balaban J connectivity index is 1.34. The highest BCUT2D eigenvalue weighted by Gasteiger charge is 2.22. The van der Waals surface area contributed by atoms with Crippen LogP contribution in [0.3, 0.4) is 0 Å². The van der Waals surface area contributed by atoms with Gasteiger partial charge in [-0.1, -0.05) is 23.2 Å². The molecule has 10 nitrogen and oxygen atoms in total. The van der Waals surface area contributed by atoms with Crippen LogP contribution in [0.5, 0.6) is 5.75 Å². The maximum Gasteiger partial charge on any atom is 0.286 e. The highest BCUT2D eigenvalue weighted by atomic mass is 35.5. The lowest BCUT2D eigenvalue weighted by Gasteiger charge is -2.34. The first-order chi connectivity index (χ1) is 14.4. The second kappa shape index (κ2) is 10.6. The summed E-state index contributed by atoms with van der Waals surface area (Å²) in [5.41, 5.74) is -0.518. The van der Waals surface area contributed by atoms with Gasteiger partial charge < -0.3 is 19.3 Å². The Bertz CT molecular complexity index is 902. The van der Waals surface area contributed by atoms with Gasteiger partial charge in [0.1, 0.15) is 6.10 Å².